The van der Waals surface area contributed by atoms with Gasteiger partial charge in [-0.3, -0.25) is 4.40 Å². The van der Waals surface area contributed by atoms with Crippen LogP contribution in [0.25, 0.3) is 98.0 Å². The van der Waals surface area contributed by atoms with E-state index in [1.165, 1.54) is 81.5 Å². The van der Waals surface area contributed by atoms with Crippen molar-refractivity contribution in [3.8, 4) is 0 Å². The van der Waals surface area contributed by atoms with Crippen LogP contribution in [0.15, 0.2) is 212 Å². The van der Waals surface area contributed by atoms with Crippen LogP contribution in [0, 0.1) is 0 Å². The lowest BCUT2D eigenvalue weighted by atomic mass is 9.85. The second-order valence-corrected chi connectivity index (χ2v) is 22.4. The third kappa shape index (κ3) is 6.01. The van der Waals surface area contributed by atoms with Crippen LogP contribution in [-0.4, -0.2) is 13.8 Å². The maximum atomic E-state index is 6.13. The predicted molar refractivity (Wildman–Crippen MR) is 315 cm³/mol. The van der Waals surface area contributed by atoms with Crippen molar-refractivity contribution < 1.29 is 0 Å². The molecule has 0 spiro atoms. The van der Waals surface area contributed by atoms with E-state index in [-0.39, 0.29) is 10.8 Å². The summed E-state index contributed by atoms with van der Waals surface area (Å²) in [4.78, 5) is 11.1. The third-order valence-electron chi connectivity index (χ3n) is 15.9. The highest BCUT2D eigenvalue weighted by Crippen LogP contribution is 2.53. The Balaban J connectivity index is 1.18. The van der Waals surface area contributed by atoms with Crippen molar-refractivity contribution >= 4 is 132 Å². The van der Waals surface area contributed by atoms with Crippen LogP contribution in [-0.2, 0) is 10.8 Å². The Kier molecular flexibility index (Phi) is 8.83. The minimum atomic E-state index is -0.131. The molecule has 15 rings (SSSR count). The summed E-state index contributed by atoms with van der Waals surface area (Å²) in [6.07, 6.45) is 0. The lowest BCUT2D eigenvalue weighted by Gasteiger charge is -2.29. The van der Waals surface area contributed by atoms with Gasteiger partial charge in [0.2, 0.25) is 0 Å². The minimum absolute atomic E-state index is 0.127. The first-order chi connectivity index (χ1) is 36.0. The molecule has 5 heterocycles. The molecule has 0 atom stereocenters. The Morgan fingerprint density at radius 1 is 0.351 bits per heavy atom. The Bertz CT molecular complexity index is 4630. The number of anilines is 6. The normalized spacial score (nSPS) is 12.7. The topological polar surface area (TPSA) is 28.2 Å². The number of pyridine rings is 1. The van der Waals surface area contributed by atoms with Gasteiger partial charge in [0.25, 0.3) is 0 Å². The number of nitrogens with zero attached hydrogens (tertiary/aromatic N) is 5. The average Bonchev–Trinajstić information content (AvgIpc) is 4.17. The summed E-state index contributed by atoms with van der Waals surface area (Å²) in [5, 5.41) is 13.3. The first-order valence-corrected chi connectivity index (χ1v) is 26.0. The van der Waals surface area contributed by atoms with E-state index >= 15 is 0 Å². The second-order valence-electron chi connectivity index (χ2n) is 22.4. The Labute approximate surface area is 429 Å². The molecule has 354 valence electrons. The van der Waals surface area contributed by atoms with Crippen LogP contribution in [0.2, 0.25) is 0 Å². The van der Waals surface area contributed by atoms with E-state index in [1.54, 1.807) is 0 Å². The monoisotopic (exact) mass is 951 g/mol. The van der Waals surface area contributed by atoms with E-state index < -0.39 is 0 Å². The number of rotatable bonds is 6. The van der Waals surface area contributed by atoms with Crippen molar-refractivity contribution in [1.82, 2.24) is 13.8 Å². The molecule has 0 aliphatic heterocycles. The number of benzene rings is 10. The van der Waals surface area contributed by atoms with Crippen molar-refractivity contribution in [3.63, 3.8) is 0 Å². The zero-order chi connectivity index (χ0) is 49.8. The van der Waals surface area contributed by atoms with Crippen LogP contribution in [0.1, 0.15) is 52.7 Å². The highest BCUT2D eigenvalue weighted by molar-refractivity contribution is 6.34. The standard InChI is InChI=1S/C69H53N5/c1-68(2,3)44-37-54-53-36-43-24-20-22-34-51(43)65(72(48-29-15-9-16-30-48)49-31-17-10-18-32-49)66(53)73-58-41-56-60-50-33-21-19-23-42(50)35-52-55-38-45(69(4,5)6)40-59(71(46-25-11-7-12-26-46)47-27-13-8-14-28-47)63(55)74(64(52)60)67(56)70-61(58)57(39-44)62(54)73/h7-41H,1-6H3. The minimum Gasteiger partial charge on any atom is -0.308 e. The van der Waals surface area contributed by atoms with Gasteiger partial charge in [0.05, 0.1) is 44.5 Å². The summed E-state index contributed by atoms with van der Waals surface area (Å²) in [5.41, 5.74) is 16.8. The van der Waals surface area contributed by atoms with Gasteiger partial charge >= 0.3 is 0 Å². The number of fused-ring (bicyclic) bond motifs is 15. The first-order valence-electron chi connectivity index (χ1n) is 26.0. The zero-order valence-electron chi connectivity index (χ0n) is 42.4. The fourth-order valence-electron chi connectivity index (χ4n) is 12.4. The molecule has 0 unspecified atom stereocenters. The van der Waals surface area contributed by atoms with Crippen LogP contribution < -0.4 is 9.80 Å². The molecule has 5 nitrogen and oxygen atoms in total. The molecule has 5 heteroatoms. The molecule has 5 aromatic heterocycles. The van der Waals surface area contributed by atoms with Crippen LogP contribution >= 0.6 is 0 Å². The van der Waals surface area contributed by atoms with Crippen LogP contribution in [0.4, 0.5) is 34.1 Å². The average molecular weight is 952 g/mol. The number of hydrogen-bond acceptors (Lipinski definition) is 3. The maximum absolute atomic E-state index is 6.13. The van der Waals surface area contributed by atoms with E-state index in [9.17, 15) is 0 Å². The van der Waals surface area contributed by atoms with Gasteiger partial charge < -0.3 is 14.2 Å². The van der Waals surface area contributed by atoms with Gasteiger partial charge in [0, 0.05) is 65.8 Å². The third-order valence-corrected chi connectivity index (χ3v) is 15.9. The van der Waals surface area contributed by atoms with E-state index in [2.05, 4.69) is 272 Å². The lowest BCUT2D eigenvalue weighted by Crippen LogP contribution is -2.15. The molecular weight excluding hydrogens is 899 g/mol. The van der Waals surface area contributed by atoms with E-state index in [4.69, 9.17) is 4.98 Å². The largest absolute Gasteiger partial charge is 0.308 e. The van der Waals surface area contributed by atoms with E-state index in [0.717, 1.165) is 61.7 Å². The second kappa shape index (κ2) is 15.3. The number of hydrogen-bond donors (Lipinski definition) is 0. The van der Waals surface area contributed by atoms with Gasteiger partial charge in [0.15, 0.2) is 0 Å². The molecule has 0 N–H and O–H groups in total. The molecule has 0 amide bonds. The smallest absolute Gasteiger partial charge is 0.146 e. The van der Waals surface area contributed by atoms with Gasteiger partial charge in [0.1, 0.15) is 5.65 Å². The van der Waals surface area contributed by atoms with Gasteiger partial charge in [-0.15, -0.1) is 0 Å². The zero-order valence-corrected chi connectivity index (χ0v) is 42.4. The van der Waals surface area contributed by atoms with Crippen molar-refractivity contribution in [2.75, 3.05) is 9.80 Å². The van der Waals surface area contributed by atoms with Gasteiger partial charge in [-0.1, -0.05) is 163 Å². The van der Waals surface area contributed by atoms with Gasteiger partial charge in [-0.25, -0.2) is 4.98 Å². The predicted octanol–water partition coefficient (Wildman–Crippen LogP) is 19.2. The summed E-state index contributed by atoms with van der Waals surface area (Å²) < 4.78 is 5.11. The molecule has 0 aliphatic rings. The molecule has 0 bridgehead atoms. The maximum Gasteiger partial charge on any atom is 0.146 e. The fourth-order valence-corrected chi connectivity index (χ4v) is 12.4. The fraction of sp³-hybridized carbons (Fsp3) is 0.116. The molecule has 0 fully saturated rings. The van der Waals surface area contributed by atoms with Crippen molar-refractivity contribution in [2.45, 2.75) is 52.4 Å². The first kappa shape index (κ1) is 42.7. The molecule has 0 aliphatic carbocycles. The van der Waals surface area contributed by atoms with Crippen molar-refractivity contribution in [2.24, 2.45) is 0 Å². The van der Waals surface area contributed by atoms with Crippen LogP contribution in [0.3, 0.4) is 0 Å². The van der Waals surface area contributed by atoms with Crippen molar-refractivity contribution in [3.05, 3.63) is 223 Å². The molecule has 10 aromatic carbocycles. The SMILES string of the molecule is CC(C)(C)c1cc(N(c2ccccc2)c2ccccc2)c2c(c1)c1cc3ccccc3c3c4cc5c(nc4n2c13)c1cc(C(C)(C)C)cc2c3cc4ccccc4c(N(c4ccccc4)c4ccccc4)c3n5c21. The molecule has 0 radical (unpaired) electrons. The summed E-state index contributed by atoms with van der Waals surface area (Å²) in [7, 11) is 0. The highest BCUT2D eigenvalue weighted by Gasteiger charge is 2.32. The lowest BCUT2D eigenvalue weighted by molar-refractivity contribution is 0.591. The van der Waals surface area contributed by atoms with Crippen LogP contribution in [0.5, 0.6) is 0 Å². The Hall–Kier alpha value is -8.93. The van der Waals surface area contributed by atoms with Crippen molar-refractivity contribution in [1.29, 1.82) is 0 Å². The summed E-state index contributed by atoms with van der Waals surface area (Å²) in [6, 6.07) is 78.6. The number of para-hydroxylation sites is 4. The Morgan fingerprint density at radius 3 is 1.36 bits per heavy atom. The summed E-state index contributed by atoms with van der Waals surface area (Å²) in [6.45, 7) is 14.0. The number of aromatic nitrogens is 3. The summed E-state index contributed by atoms with van der Waals surface area (Å²) in [5.74, 6) is 0. The molecule has 0 saturated carbocycles. The highest BCUT2D eigenvalue weighted by atomic mass is 15.2. The molecule has 0 saturated heterocycles. The molecule has 74 heavy (non-hydrogen) atoms. The summed E-state index contributed by atoms with van der Waals surface area (Å²) >= 11 is 0. The molecule has 15 aromatic rings. The Morgan fingerprint density at radius 2 is 0.797 bits per heavy atom. The van der Waals surface area contributed by atoms with Gasteiger partial charge in [-0.2, -0.15) is 0 Å². The van der Waals surface area contributed by atoms with E-state index in [1.807, 2.05) is 0 Å². The quantitative estimate of drug-likeness (QED) is 0.166. The van der Waals surface area contributed by atoms with Gasteiger partial charge in [-0.05, 0) is 129 Å². The van der Waals surface area contributed by atoms with E-state index in [0.29, 0.717) is 0 Å². The molecular formula is C69H53N5.